The van der Waals surface area contributed by atoms with Gasteiger partial charge in [0.15, 0.2) is 0 Å². The van der Waals surface area contributed by atoms with Crippen LogP contribution in [-0.4, -0.2) is 37.7 Å². The second-order valence-electron chi connectivity index (χ2n) is 5.00. The van der Waals surface area contributed by atoms with Crippen molar-refractivity contribution in [2.45, 2.75) is 29.7 Å². The molecule has 1 aromatic heterocycles. The molecule has 2 rings (SSSR count). The van der Waals surface area contributed by atoms with Gasteiger partial charge < -0.3 is 10.2 Å². The molecule has 0 saturated heterocycles. The number of aromatic nitrogens is 3. The lowest BCUT2D eigenvalue weighted by Gasteiger charge is -2.26. The Labute approximate surface area is 140 Å². The molecule has 0 saturated carbocycles. The summed E-state index contributed by atoms with van der Waals surface area (Å²) in [6, 6.07) is 3.35. The molecule has 0 amide bonds. The molecule has 1 heterocycles. The SMILES string of the molecule is C[C@H](CCO)[C@@H](O)C(SSc1ccc(F)cc1F)n1cncn1. The number of benzene rings is 1. The number of hydrogen-bond acceptors (Lipinski definition) is 6. The molecule has 23 heavy (non-hydrogen) atoms. The number of aliphatic hydroxyl groups excluding tert-OH is 2. The Morgan fingerprint density at radius 1 is 1.35 bits per heavy atom. The van der Waals surface area contributed by atoms with Gasteiger partial charge >= 0.3 is 0 Å². The van der Waals surface area contributed by atoms with E-state index in [1.54, 1.807) is 0 Å². The van der Waals surface area contributed by atoms with E-state index in [-0.39, 0.29) is 17.4 Å². The zero-order chi connectivity index (χ0) is 16.8. The highest BCUT2D eigenvalue weighted by Gasteiger charge is 2.28. The van der Waals surface area contributed by atoms with E-state index >= 15 is 0 Å². The largest absolute Gasteiger partial charge is 0.396 e. The van der Waals surface area contributed by atoms with E-state index in [0.717, 1.165) is 16.9 Å². The van der Waals surface area contributed by atoms with Crippen LogP contribution in [0.3, 0.4) is 0 Å². The molecule has 9 heteroatoms. The smallest absolute Gasteiger partial charge is 0.140 e. The summed E-state index contributed by atoms with van der Waals surface area (Å²) in [6.45, 7) is 1.78. The Morgan fingerprint density at radius 3 is 2.74 bits per heavy atom. The van der Waals surface area contributed by atoms with E-state index in [0.29, 0.717) is 6.42 Å². The molecule has 0 bridgehead atoms. The molecule has 2 aromatic rings. The Morgan fingerprint density at radius 2 is 2.13 bits per heavy atom. The lowest BCUT2D eigenvalue weighted by molar-refractivity contribution is 0.0767. The molecule has 1 aromatic carbocycles. The molecule has 0 aliphatic carbocycles. The number of aliphatic hydroxyl groups is 2. The van der Waals surface area contributed by atoms with Gasteiger partial charge in [-0.15, -0.1) is 0 Å². The van der Waals surface area contributed by atoms with Crippen molar-refractivity contribution in [1.29, 1.82) is 0 Å². The number of halogens is 2. The van der Waals surface area contributed by atoms with E-state index < -0.39 is 23.1 Å². The van der Waals surface area contributed by atoms with Crippen molar-refractivity contribution >= 4 is 21.6 Å². The van der Waals surface area contributed by atoms with Gasteiger partial charge in [-0.3, -0.25) is 0 Å². The van der Waals surface area contributed by atoms with E-state index in [9.17, 15) is 13.9 Å². The second kappa shape index (κ2) is 8.62. The monoisotopic (exact) mass is 361 g/mol. The topological polar surface area (TPSA) is 71.2 Å². The van der Waals surface area contributed by atoms with Gasteiger partial charge in [-0.25, -0.2) is 18.4 Å². The maximum atomic E-state index is 13.7. The van der Waals surface area contributed by atoms with Gasteiger partial charge in [-0.1, -0.05) is 28.5 Å². The average molecular weight is 361 g/mol. The minimum absolute atomic E-state index is 0.0350. The summed E-state index contributed by atoms with van der Waals surface area (Å²) in [7, 11) is 2.29. The molecule has 2 N–H and O–H groups in total. The van der Waals surface area contributed by atoms with Gasteiger partial charge in [0, 0.05) is 12.7 Å². The summed E-state index contributed by atoms with van der Waals surface area (Å²) in [6.07, 6.45) is 2.43. The normalized spacial score (nSPS) is 15.3. The molecule has 0 spiro atoms. The van der Waals surface area contributed by atoms with E-state index in [4.69, 9.17) is 5.11 Å². The number of nitrogens with zero attached hydrogens (tertiary/aromatic N) is 3. The molecule has 126 valence electrons. The van der Waals surface area contributed by atoms with Gasteiger partial charge in [0.1, 0.15) is 29.7 Å². The highest BCUT2D eigenvalue weighted by molar-refractivity contribution is 8.76. The Hall–Kier alpha value is -1.16. The minimum Gasteiger partial charge on any atom is -0.396 e. The summed E-state index contributed by atoms with van der Waals surface area (Å²) in [5, 5.41) is 23.0. The lowest BCUT2D eigenvalue weighted by Crippen LogP contribution is -2.28. The number of rotatable bonds is 8. The van der Waals surface area contributed by atoms with Crippen LogP contribution in [0.1, 0.15) is 18.7 Å². The second-order valence-corrected chi connectivity index (χ2v) is 7.36. The predicted molar refractivity (Wildman–Crippen MR) is 85.7 cm³/mol. The molecule has 0 radical (unpaired) electrons. The van der Waals surface area contributed by atoms with Crippen LogP contribution < -0.4 is 0 Å². The van der Waals surface area contributed by atoms with Crippen LogP contribution in [0.25, 0.3) is 0 Å². The van der Waals surface area contributed by atoms with Crippen molar-refractivity contribution in [3.05, 3.63) is 42.5 Å². The summed E-state index contributed by atoms with van der Waals surface area (Å²) in [5.74, 6) is -1.47. The average Bonchev–Trinajstić information content (AvgIpc) is 3.03. The first-order chi connectivity index (χ1) is 11.0. The first-order valence-corrected chi connectivity index (χ1v) is 9.15. The minimum atomic E-state index is -0.815. The van der Waals surface area contributed by atoms with Crippen molar-refractivity contribution in [2.75, 3.05) is 6.61 Å². The van der Waals surface area contributed by atoms with Crippen LogP contribution in [0.15, 0.2) is 35.7 Å². The third-order valence-electron chi connectivity index (χ3n) is 3.29. The van der Waals surface area contributed by atoms with Gasteiger partial charge in [0.2, 0.25) is 0 Å². The Kier molecular flexibility index (Phi) is 6.82. The third-order valence-corrected chi connectivity index (χ3v) is 6.01. The Bertz CT molecular complexity index is 616. The fourth-order valence-electron chi connectivity index (χ4n) is 1.91. The predicted octanol–water partition coefficient (Wildman–Crippen LogP) is 2.87. The van der Waals surface area contributed by atoms with E-state index in [1.165, 1.54) is 40.3 Å². The van der Waals surface area contributed by atoms with Crippen LogP contribution in [0, 0.1) is 17.6 Å². The van der Waals surface area contributed by atoms with Gasteiger partial charge in [0.25, 0.3) is 0 Å². The molecule has 3 atom stereocenters. The standard InChI is InChI=1S/C14H17F2N3O2S2/c1-9(4-5-20)13(21)14(19-8-17-7-18-19)23-22-12-3-2-10(15)6-11(12)16/h2-3,6-9,13-14,20-21H,4-5H2,1H3/t9-,13-,14?/m1/s1. The summed E-state index contributed by atoms with van der Waals surface area (Å²) in [5.41, 5.74) is 0. The first kappa shape index (κ1) is 18.2. The fraction of sp³-hybridized carbons (Fsp3) is 0.429. The maximum Gasteiger partial charge on any atom is 0.140 e. The number of hydrogen-bond donors (Lipinski definition) is 2. The highest BCUT2D eigenvalue weighted by atomic mass is 33.1. The van der Waals surface area contributed by atoms with E-state index in [1.807, 2.05) is 6.92 Å². The zero-order valence-electron chi connectivity index (χ0n) is 12.3. The van der Waals surface area contributed by atoms with Crippen molar-refractivity contribution in [2.24, 2.45) is 5.92 Å². The van der Waals surface area contributed by atoms with Crippen LogP contribution >= 0.6 is 21.6 Å². The summed E-state index contributed by atoms with van der Waals surface area (Å²) >= 11 is 0. The van der Waals surface area contributed by atoms with Crippen LogP contribution in [-0.2, 0) is 0 Å². The van der Waals surface area contributed by atoms with Gasteiger partial charge in [-0.2, -0.15) is 5.10 Å². The zero-order valence-corrected chi connectivity index (χ0v) is 14.0. The van der Waals surface area contributed by atoms with Crippen LogP contribution in [0.2, 0.25) is 0 Å². The molecule has 0 aliphatic rings. The summed E-state index contributed by atoms with van der Waals surface area (Å²) < 4.78 is 28.1. The molecule has 0 fully saturated rings. The molecule has 0 aliphatic heterocycles. The van der Waals surface area contributed by atoms with Crippen molar-refractivity contribution in [1.82, 2.24) is 14.8 Å². The van der Waals surface area contributed by atoms with Crippen LogP contribution in [0.4, 0.5) is 8.78 Å². The molecular weight excluding hydrogens is 344 g/mol. The molecule has 5 nitrogen and oxygen atoms in total. The lowest BCUT2D eigenvalue weighted by atomic mass is 10.0. The van der Waals surface area contributed by atoms with Crippen molar-refractivity contribution < 1.29 is 19.0 Å². The van der Waals surface area contributed by atoms with Crippen LogP contribution in [0.5, 0.6) is 0 Å². The van der Waals surface area contributed by atoms with Gasteiger partial charge in [0.05, 0.1) is 11.0 Å². The third kappa shape index (κ3) is 4.90. The quantitative estimate of drug-likeness (QED) is 0.705. The van der Waals surface area contributed by atoms with Crippen molar-refractivity contribution in [3.63, 3.8) is 0 Å². The van der Waals surface area contributed by atoms with Gasteiger partial charge in [-0.05, 0) is 24.5 Å². The molecule has 1 unspecified atom stereocenters. The summed E-state index contributed by atoms with van der Waals surface area (Å²) in [4.78, 5) is 4.13. The first-order valence-electron chi connectivity index (χ1n) is 6.94. The molecular formula is C14H17F2N3O2S2. The van der Waals surface area contributed by atoms with Crippen molar-refractivity contribution in [3.8, 4) is 0 Å². The maximum absolute atomic E-state index is 13.7. The van der Waals surface area contributed by atoms with E-state index in [2.05, 4.69) is 10.1 Å². The Balaban J connectivity index is 2.12. The fourth-order valence-corrected chi connectivity index (χ4v) is 4.57. The highest BCUT2D eigenvalue weighted by Crippen LogP contribution is 2.43.